The number of hydrogen-bond acceptors (Lipinski definition) is 7. The lowest BCUT2D eigenvalue weighted by atomic mass is 10.2. The third-order valence-electron chi connectivity index (χ3n) is 3.95. The number of aryl methyl sites for hydroxylation is 1. The molecular weight excluding hydrogens is 378 g/mol. The molecule has 0 spiro atoms. The number of thioether (sulfide) groups is 1. The number of fused-ring (bicyclic) bond motifs is 1. The fourth-order valence-electron chi connectivity index (χ4n) is 2.66. The summed E-state index contributed by atoms with van der Waals surface area (Å²) >= 11 is 1.18. The van der Waals surface area contributed by atoms with E-state index < -0.39 is 0 Å². The van der Waals surface area contributed by atoms with E-state index in [2.05, 4.69) is 25.5 Å². The Morgan fingerprint density at radius 2 is 2.04 bits per heavy atom. The van der Waals surface area contributed by atoms with Gasteiger partial charge in [-0.1, -0.05) is 11.8 Å². The Labute approximate surface area is 164 Å². The zero-order valence-electron chi connectivity index (χ0n) is 15.2. The molecule has 2 aromatic carbocycles. The van der Waals surface area contributed by atoms with Gasteiger partial charge in [0.05, 0.1) is 23.9 Å². The van der Waals surface area contributed by atoms with Gasteiger partial charge >= 0.3 is 0 Å². The summed E-state index contributed by atoms with van der Waals surface area (Å²) in [5.74, 6) is 1.97. The van der Waals surface area contributed by atoms with Gasteiger partial charge in [0.2, 0.25) is 11.8 Å². The smallest absolute Gasteiger partial charge is 0.277 e. The van der Waals surface area contributed by atoms with Gasteiger partial charge < -0.3 is 19.5 Å². The van der Waals surface area contributed by atoms with Crippen molar-refractivity contribution in [2.75, 3.05) is 18.2 Å². The molecule has 0 atom stereocenters. The van der Waals surface area contributed by atoms with Crippen LogP contribution in [0.25, 0.3) is 22.5 Å². The minimum Gasteiger partial charge on any atom is -0.497 e. The zero-order chi connectivity index (χ0) is 19.5. The van der Waals surface area contributed by atoms with Gasteiger partial charge in [0.1, 0.15) is 11.6 Å². The van der Waals surface area contributed by atoms with Gasteiger partial charge in [-0.15, -0.1) is 10.2 Å². The summed E-state index contributed by atoms with van der Waals surface area (Å²) in [4.78, 5) is 19.7. The first-order valence-corrected chi connectivity index (χ1v) is 9.46. The van der Waals surface area contributed by atoms with Crippen molar-refractivity contribution in [1.82, 2.24) is 20.2 Å². The highest BCUT2D eigenvalue weighted by atomic mass is 32.2. The monoisotopic (exact) mass is 395 g/mol. The van der Waals surface area contributed by atoms with E-state index in [1.165, 1.54) is 11.8 Å². The number of methoxy groups -OCH3 is 1. The number of benzene rings is 2. The quantitative estimate of drug-likeness (QED) is 0.480. The van der Waals surface area contributed by atoms with Crippen LogP contribution in [0.3, 0.4) is 0 Å². The molecule has 4 aromatic rings. The second kappa shape index (κ2) is 7.73. The molecule has 142 valence electrons. The topological polar surface area (TPSA) is 106 Å². The highest BCUT2D eigenvalue weighted by molar-refractivity contribution is 7.99. The maximum Gasteiger partial charge on any atom is 0.277 e. The summed E-state index contributed by atoms with van der Waals surface area (Å²) in [6.45, 7) is 1.89. The first-order valence-electron chi connectivity index (χ1n) is 8.47. The summed E-state index contributed by atoms with van der Waals surface area (Å²) in [5, 5.41) is 11.2. The fraction of sp³-hybridized carbons (Fsp3) is 0.158. The molecule has 0 aliphatic heterocycles. The van der Waals surface area contributed by atoms with Gasteiger partial charge in [-0.25, -0.2) is 4.98 Å². The van der Waals surface area contributed by atoms with Crippen LogP contribution in [0.4, 0.5) is 5.69 Å². The minimum absolute atomic E-state index is 0.157. The summed E-state index contributed by atoms with van der Waals surface area (Å²) in [5.41, 5.74) is 3.23. The van der Waals surface area contributed by atoms with Gasteiger partial charge in [0.15, 0.2) is 0 Å². The van der Waals surface area contributed by atoms with E-state index >= 15 is 0 Å². The van der Waals surface area contributed by atoms with Gasteiger partial charge in [-0.2, -0.15) is 0 Å². The predicted molar refractivity (Wildman–Crippen MR) is 106 cm³/mol. The average Bonchev–Trinajstić information content (AvgIpc) is 3.32. The van der Waals surface area contributed by atoms with E-state index in [-0.39, 0.29) is 11.7 Å². The molecule has 0 aliphatic rings. The largest absolute Gasteiger partial charge is 0.497 e. The third-order valence-corrected chi connectivity index (χ3v) is 4.77. The standard InChI is InChI=1S/C19H17N5O3S/c1-11-20-15-8-5-13(9-16(15)21-11)22-17(25)10-28-19-24-23-18(27-19)12-3-6-14(26-2)7-4-12/h3-9H,10H2,1-2H3,(H,20,21)(H,22,25). The molecule has 4 rings (SSSR count). The van der Waals surface area contributed by atoms with Gasteiger partial charge in [-0.05, 0) is 49.4 Å². The second-order valence-electron chi connectivity index (χ2n) is 5.99. The Morgan fingerprint density at radius 3 is 2.82 bits per heavy atom. The zero-order valence-corrected chi connectivity index (χ0v) is 16.0. The molecule has 2 heterocycles. The van der Waals surface area contributed by atoms with Crippen LogP contribution in [0, 0.1) is 6.92 Å². The number of carbonyl (C=O) groups excluding carboxylic acids is 1. The highest BCUT2D eigenvalue weighted by Crippen LogP contribution is 2.25. The van der Waals surface area contributed by atoms with Gasteiger partial charge in [0, 0.05) is 11.3 Å². The lowest BCUT2D eigenvalue weighted by Gasteiger charge is -2.03. The summed E-state index contributed by atoms with van der Waals surface area (Å²) in [7, 11) is 1.61. The first-order chi connectivity index (χ1) is 13.6. The number of hydrogen-bond donors (Lipinski definition) is 2. The number of imidazole rings is 1. The van der Waals surface area contributed by atoms with Gasteiger partial charge in [0.25, 0.3) is 5.22 Å². The molecule has 0 aliphatic carbocycles. The molecule has 0 bridgehead atoms. The van der Waals surface area contributed by atoms with E-state index in [1.54, 1.807) is 7.11 Å². The van der Waals surface area contributed by atoms with Crippen LogP contribution in [-0.2, 0) is 4.79 Å². The minimum atomic E-state index is -0.162. The molecule has 0 unspecified atom stereocenters. The molecule has 0 radical (unpaired) electrons. The molecule has 2 N–H and O–H groups in total. The Morgan fingerprint density at radius 1 is 1.21 bits per heavy atom. The molecule has 0 saturated heterocycles. The maximum atomic E-state index is 12.2. The van der Waals surface area contributed by atoms with Crippen molar-refractivity contribution < 1.29 is 13.9 Å². The van der Waals surface area contributed by atoms with Crippen LogP contribution >= 0.6 is 11.8 Å². The number of aromatic amines is 1. The number of carbonyl (C=O) groups is 1. The summed E-state index contributed by atoms with van der Waals surface area (Å²) in [6, 6.07) is 12.8. The van der Waals surface area contributed by atoms with Crippen LogP contribution in [0.5, 0.6) is 5.75 Å². The van der Waals surface area contributed by atoms with Crippen molar-refractivity contribution in [2.24, 2.45) is 0 Å². The third kappa shape index (κ3) is 3.99. The number of nitrogens with zero attached hydrogens (tertiary/aromatic N) is 3. The summed E-state index contributed by atoms with van der Waals surface area (Å²) < 4.78 is 10.7. The van der Waals surface area contributed by atoms with Gasteiger partial charge in [-0.3, -0.25) is 4.79 Å². The molecule has 8 nitrogen and oxygen atoms in total. The lowest BCUT2D eigenvalue weighted by molar-refractivity contribution is -0.113. The number of ether oxygens (including phenoxy) is 1. The van der Waals surface area contributed by atoms with E-state index in [0.29, 0.717) is 16.8 Å². The van der Waals surface area contributed by atoms with Crippen molar-refractivity contribution in [3.63, 3.8) is 0 Å². The predicted octanol–water partition coefficient (Wildman–Crippen LogP) is 3.66. The Hall–Kier alpha value is -3.33. The molecule has 1 amide bonds. The average molecular weight is 395 g/mol. The first kappa shape index (κ1) is 18.1. The number of aromatic nitrogens is 4. The SMILES string of the molecule is COc1ccc(-c2nnc(SCC(=O)Nc3ccc4nc(C)[nH]c4c3)o2)cc1. The molecule has 2 aromatic heterocycles. The number of H-pyrrole nitrogens is 1. The normalized spacial score (nSPS) is 10.9. The van der Waals surface area contributed by atoms with Crippen molar-refractivity contribution in [3.05, 3.63) is 48.3 Å². The second-order valence-corrected chi connectivity index (χ2v) is 6.92. The van der Waals surface area contributed by atoms with Crippen LogP contribution in [-0.4, -0.2) is 38.9 Å². The Kier molecular flexibility index (Phi) is 4.98. The Bertz CT molecular complexity index is 1120. The van der Waals surface area contributed by atoms with E-state index in [0.717, 1.165) is 28.2 Å². The van der Waals surface area contributed by atoms with E-state index in [4.69, 9.17) is 9.15 Å². The fourth-order valence-corrected chi connectivity index (χ4v) is 3.22. The molecular formula is C19H17N5O3S. The van der Waals surface area contributed by atoms with Crippen LogP contribution in [0.2, 0.25) is 0 Å². The molecule has 0 fully saturated rings. The Balaban J connectivity index is 1.35. The molecule has 0 saturated carbocycles. The number of nitrogens with one attached hydrogen (secondary N) is 2. The lowest BCUT2D eigenvalue weighted by Crippen LogP contribution is -2.13. The molecule has 28 heavy (non-hydrogen) atoms. The van der Waals surface area contributed by atoms with Crippen molar-refractivity contribution in [3.8, 4) is 17.2 Å². The highest BCUT2D eigenvalue weighted by Gasteiger charge is 2.12. The van der Waals surface area contributed by atoms with Crippen LogP contribution in [0.1, 0.15) is 5.82 Å². The number of anilines is 1. The van der Waals surface area contributed by atoms with Crippen LogP contribution < -0.4 is 10.1 Å². The number of rotatable bonds is 6. The van der Waals surface area contributed by atoms with Crippen molar-refractivity contribution in [1.29, 1.82) is 0 Å². The molecule has 9 heteroatoms. The summed E-state index contributed by atoms with van der Waals surface area (Å²) in [6.07, 6.45) is 0. The number of amides is 1. The van der Waals surface area contributed by atoms with E-state index in [1.807, 2.05) is 49.4 Å². The maximum absolute atomic E-state index is 12.2. The van der Waals surface area contributed by atoms with Crippen LogP contribution in [0.15, 0.2) is 52.1 Å². The van der Waals surface area contributed by atoms with E-state index in [9.17, 15) is 4.79 Å². The van der Waals surface area contributed by atoms with Crippen molar-refractivity contribution in [2.45, 2.75) is 12.1 Å². The van der Waals surface area contributed by atoms with Crippen molar-refractivity contribution >= 4 is 34.4 Å².